The Labute approximate surface area is 124 Å². The summed E-state index contributed by atoms with van der Waals surface area (Å²) in [5.74, 6) is 0.996. The van der Waals surface area contributed by atoms with Gasteiger partial charge in [-0.3, -0.25) is 4.79 Å². The summed E-state index contributed by atoms with van der Waals surface area (Å²) in [4.78, 5) is 11.6. The first-order valence-corrected chi connectivity index (χ1v) is 6.75. The lowest BCUT2D eigenvalue weighted by atomic mass is 9.93. The first kappa shape index (κ1) is 14.9. The highest BCUT2D eigenvalue weighted by molar-refractivity contribution is 5.96. The minimum atomic E-state index is -0.413. The fourth-order valence-electron chi connectivity index (χ4n) is 2.43. The van der Waals surface area contributed by atoms with Crippen LogP contribution in [0.2, 0.25) is 0 Å². The molecule has 4 nitrogen and oxygen atoms in total. The standard InChI is InChI=1S/C17H19NO3/c1-4-14-15(6-5-7-16(14)17(18)19)11-8-12(20-2)10-13(9-11)21-3/h5-10H,4H2,1-3H3,(H2,18,19). The van der Waals surface area contributed by atoms with E-state index < -0.39 is 5.91 Å². The molecule has 21 heavy (non-hydrogen) atoms. The number of methoxy groups -OCH3 is 2. The summed E-state index contributed by atoms with van der Waals surface area (Å²) in [7, 11) is 3.22. The molecule has 0 saturated heterocycles. The molecular weight excluding hydrogens is 266 g/mol. The van der Waals surface area contributed by atoms with Gasteiger partial charge in [-0.05, 0) is 41.3 Å². The Hall–Kier alpha value is -2.49. The molecule has 0 atom stereocenters. The van der Waals surface area contributed by atoms with Gasteiger partial charge in [-0.15, -0.1) is 0 Å². The maximum atomic E-state index is 11.6. The van der Waals surface area contributed by atoms with Gasteiger partial charge in [-0.1, -0.05) is 19.1 Å². The zero-order valence-corrected chi connectivity index (χ0v) is 12.5. The molecule has 0 bridgehead atoms. The number of rotatable bonds is 5. The molecule has 0 unspecified atom stereocenters. The van der Waals surface area contributed by atoms with Crippen LogP contribution >= 0.6 is 0 Å². The van der Waals surface area contributed by atoms with E-state index in [9.17, 15) is 4.79 Å². The molecule has 110 valence electrons. The number of hydrogen-bond acceptors (Lipinski definition) is 3. The lowest BCUT2D eigenvalue weighted by Crippen LogP contribution is -2.14. The number of hydrogen-bond donors (Lipinski definition) is 1. The normalized spacial score (nSPS) is 10.2. The molecule has 2 aromatic rings. The molecule has 1 amide bonds. The summed E-state index contributed by atoms with van der Waals surface area (Å²) >= 11 is 0. The molecule has 0 saturated carbocycles. The van der Waals surface area contributed by atoms with Gasteiger partial charge in [-0.25, -0.2) is 0 Å². The van der Waals surface area contributed by atoms with Crippen LogP contribution in [0.1, 0.15) is 22.8 Å². The topological polar surface area (TPSA) is 61.6 Å². The maximum absolute atomic E-state index is 11.6. The van der Waals surface area contributed by atoms with Crippen LogP contribution in [-0.4, -0.2) is 20.1 Å². The molecule has 4 heteroatoms. The predicted molar refractivity (Wildman–Crippen MR) is 82.9 cm³/mol. The Bertz CT molecular complexity index is 643. The molecule has 0 aliphatic carbocycles. The van der Waals surface area contributed by atoms with Gasteiger partial charge < -0.3 is 15.2 Å². The Morgan fingerprint density at radius 3 is 2.19 bits per heavy atom. The third-order valence-corrected chi connectivity index (χ3v) is 3.46. The fraction of sp³-hybridized carbons (Fsp3) is 0.235. The number of carbonyl (C=O) groups is 1. The van der Waals surface area contributed by atoms with Gasteiger partial charge in [0.2, 0.25) is 5.91 Å². The smallest absolute Gasteiger partial charge is 0.248 e. The van der Waals surface area contributed by atoms with Gasteiger partial charge in [0.25, 0.3) is 0 Å². The van der Waals surface area contributed by atoms with Crippen molar-refractivity contribution in [1.82, 2.24) is 0 Å². The largest absolute Gasteiger partial charge is 0.497 e. The quantitative estimate of drug-likeness (QED) is 0.918. The highest BCUT2D eigenvalue weighted by Crippen LogP contribution is 2.33. The number of ether oxygens (including phenoxy) is 2. The highest BCUT2D eigenvalue weighted by atomic mass is 16.5. The van der Waals surface area contributed by atoms with Crippen LogP contribution in [0.4, 0.5) is 0 Å². The van der Waals surface area contributed by atoms with Gasteiger partial charge >= 0.3 is 0 Å². The number of primary amides is 1. The Morgan fingerprint density at radius 1 is 1.10 bits per heavy atom. The van der Waals surface area contributed by atoms with Crippen molar-refractivity contribution in [2.75, 3.05) is 14.2 Å². The zero-order valence-electron chi connectivity index (χ0n) is 12.5. The number of benzene rings is 2. The summed E-state index contributed by atoms with van der Waals surface area (Å²) in [6, 6.07) is 11.2. The summed E-state index contributed by atoms with van der Waals surface area (Å²) < 4.78 is 10.6. The number of carbonyl (C=O) groups excluding carboxylic acids is 1. The molecule has 2 N–H and O–H groups in total. The average Bonchev–Trinajstić information content (AvgIpc) is 2.53. The molecule has 0 spiro atoms. The van der Waals surface area contributed by atoms with Crippen LogP contribution in [0.15, 0.2) is 36.4 Å². The van der Waals surface area contributed by atoms with Crippen LogP contribution in [0.25, 0.3) is 11.1 Å². The van der Waals surface area contributed by atoms with Gasteiger partial charge in [0.05, 0.1) is 14.2 Å². The Kier molecular flexibility index (Phi) is 4.48. The van der Waals surface area contributed by atoms with E-state index in [4.69, 9.17) is 15.2 Å². The first-order valence-electron chi connectivity index (χ1n) is 6.75. The first-order chi connectivity index (χ1) is 10.1. The molecule has 0 fully saturated rings. The molecular formula is C17H19NO3. The fourth-order valence-corrected chi connectivity index (χ4v) is 2.43. The van der Waals surface area contributed by atoms with Crippen molar-refractivity contribution in [1.29, 1.82) is 0 Å². The van der Waals surface area contributed by atoms with Gasteiger partial charge in [0, 0.05) is 11.6 Å². The number of amides is 1. The van der Waals surface area contributed by atoms with E-state index >= 15 is 0 Å². The van der Waals surface area contributed by atoms with Gasteiger partial charge in [0.15, 0.2) is 0 Å². The maximum Gasteiger partial charge on any atom is 0.248 e. The van der Waals surface area contributed by atoms with E-state index in [2.05, 4.69) is 0 Å². The lowest BCUT2D eigenvalue weighted by Gasteiger charge is -2.14. The van der Waals surface area contributed by atoms with Crippen LogP contribution < -0.4 is 15.2 Å². The monoisotopic (exact) mass is 285 g/mol. The van der Waals surface area contributed by atoms with Crippen molar-refractivity contribution in [2.24, 2.45) is 5.73 Å². The van der Waals surface area contributed by atoms with E-state index in [1.54, 1.807) is 20.3 Å². The van der Waals surface area contributed by atoms with E-state index in [0.29, 0.717) is 23.5 Å². The summed E-state index contributed by atoms with van der Waals surface area (Å²) in [6.45, 7) is 2.00. The van der Waals surface area contributed by atoms with Crippen molar-refractivity contribution in [3.63, 3.8) is 0 Å². The van der Waals surface area contributed by atoms with Crippen molar-refractivity contribution in [3.8, 4) is 22.6 Å². The van der Waals surface area contributed by atoms with Crippen LogP contribution in [0, 0.1) is 0 Å². The molecule has 0 aliphatic heterocycles. The van der Waals surface area contributed by atoms with Crippen molar-refractivity contribution >= 4 is 5.91 Å². The van der Waals surface area contributed by atoms with Crippen LogP contribution in [0.5, 0.6) is 11.5 Å². The molecule has 2 aromatic carbocycles. The third kappa shape index (κ3) is 2.99. The summed E-state index contributed by atoms with van der Waals surface area (Å²) in [5, 5.41) is 0. The van der Waals surface area contributed by atoms with Gasteiger partial charge in [0.1, 0.15) is 11.5 Å². The molecule has 0 heterocycles. The molecule has 0 radical (unpaired) electrons. The van der Waals surface area contributed by atoms with Crippen molar-refractivity contribution < 1.29 is 14.3 Å². The molecule has 0 aliphatic rings. The second-order valence-electron chi connectivity index (χ2n) is 4.65. The minimum Gasteiger partial charge on any atom is -0.497 e. The predicted octanol–water partition coefficient (Wildman–Crippen LogP) is 3.03. The SMILES string of the molecule is CCc1c(C(N)=O)cccc1-c1cc(OC)cc(OC)c1. The highest BCUT2D eigenvalue weighted by Gasteiger charge is 2.13. The second kappa shape index (κ2) is 6.31. The second-order valence-corrected chi connectivity index (χ2v) is 4.65. The molecule has 0 aromatic heterocycles. The van der Waals surface area contributed by atoms with Crippen LogP contribution in [0.3, 0.4) is 0 Å². The summed E-state index contributed by atoms with van der Waals surface area (Å²) in [6.07, 6.45) is 0.716. The van der Waals surface area contributed by atoms with Crippen molar-refractivity contribution in [2.45, 2.75) is 13.3 Å². The van der Waals surface area contributed by atoms with E-state index in [1.807, 2.05) is 37.3 Å². The van der Waals surface area contributed by atoms with Crippen molar-refractivity contribution in [3.05, 3.63) is 47.5 Å². The Balaban J connectivity index is 2.66. The van der Waals surface area contributed by atoms with E-state index in [-0.39, 0.29) is 0 Å². The zero-order chi connectivity index (χ0) is 15.4. The van der Waals surface area contributed by atoms with Crippen LogP contribution in [-0.2, 0) is 6.42 Å². The Morgan fingerprint density at radius 2 is 1.71 bits per heavy atom. The summed E-state index contributed by atoms with van der Waals surface area (Å²) in [5.41, 5.74) is 8.84. The average molecular weight is 285 g/mol. The minimum absolute atomic E-state index is 0.413. The van der Waals surface area contributed by atoms with E-state index in [0.717, 1.165) is 16.7 Å². The number of nitrogens with two attached hydrogens (primary N) is 1. The van der Waals surface area contributed by atoms with E-state index in [1.165, 1.54) is 0 Å². The third-order valence-electron chi connectivity index (χ3n) is 3.46. The lowest BCUT2D eigenvalue weighted by molar-refractivity contribution is 0.0999. The van der Waals surface area contributed by atoms with Gasteiger partial charge in [-0.2, -0.15) is 0 Å². The molecule has 2 rings (SSSR count).